The first-order chi connectivity index (χ1) is 15.2. The van der Waals surface area contributed by atoms with Crippen molar-refractivity contribution in [2.24, 2.45) is 0 Å². The number of carbonyl (C=O) groups is 1. The maximum atomic E-state index is 13.5. The van der Waals surface area contributed by atoms with Crippen molar-refractivity contribution in [2.45, 2.75) is 11.8 Å². The smallest absolute Gasteiger partial charge is 0.273 e. The number of aryl methyl sites for hydroxylation is 1. The number of amides is 1. The summed E-state index contributed by atoms with van der Waals surface area (Å²) in [4.78, 5) is 22.1. The van der Waals surface area contributed by atoms with Crippen molar-refractivity contribution in [1.82, 2.24) is 0 Å². The van der Waals surface area contributed by atoms with Crippen LogP contribution >= 0.6 is 0 Å². The zero-order valence-corrected chi connectivity index (χ0v) is 17.6. The highest BCUT2D eigenvalue weighted by molar-refractivity contribution is 7.92. The molecule has 0 aromatic heterocycles. The molecule has 0 atom stereocenters. The molecule has 0 aliphatic rings. The van der Waals surface area contributed by atoms with Gasteiger partial charge in [0.2, 0.25) is 0 Å². The number of carbonyl (C=O) groups excluding carboxylic acids is 1. The van der Waals surface area contributed by atoms with Crippen molar-refractivity contribution in [3.05, 3.63) is 88.2 Å². The van der Waals surface area contributed by atoms with Gasteiger partial charge in [-0.15, -0.1) is 0 Å². The Bertz CT molecular complexity index is 1260. The lowest BCUT2D eigenvalue weighted by Gasteiger charge is -2.11. The second-order valence-corrected chi connectivity index (χ2v) is 8.34. The SMILES string of the molecule is Cc1ccc(S(=O)(=O)Nc2ccc(NC(=O)COc3ccccc3F)cc2)cc1[N+](=O)[O-]. The summed E-state index contributed by atoms with van der Waals surface area (Å²) in [5.74, 6) is -1.17. The Kier molecular flexibility index (Phi) is 6.69. The van der Waals surface area contributed by atoms with Gasteiger partial charge < -0.3 is 10.1 Å². The Labute approximate surface area is 183 Å². The molecule has 0 radical (unpaired) electrons. The number of sulfonamides is 1. The molecule has 0 unspecified atom stereocenters. The second-order valence-electron chi connectivity index (χ2n) is 6.66. The molecule has 9 nitrogen and oxygen atoms in total. The fourth-order valence-electron chi connectivity index (χ4n) is 2.69. The molecule has 0 aliphatic heterocycles. The summed E-state index contributed by atoms with van der Waals surface area (Å²) in [6.07, 6.45) is 0. The van der Waals surface area contributed by atoms with Gasteiger partial charge in [0.15, 0.2) is 18.2 Å². The molecule has 3 rings (SSSR count). The van der Waals surface area contributed by atoms with Gasteiger partial charge in [-0.05, 0) is 49.4 Å². The first-order valence-corrected chi connectivity index (χ1v) is 10.7. The topological polar surface area (TPSA) is 128 Å². The number of hydrogen-bond acceptors (Lipinski definition) is 6. The third kappa shape index (κ3) is 5.58. The lowest BCUT2D eigenvalue weighted by Crippen LogP contribution is -2.20. The zero-order chi connectivity index (χ0) is 23.3. The minimum atomic E-state index is -4.06. The van der Waals surface area contributed by atoms with Crippen LogP contribution in [0, 0.1) is 22.9 Å². The molecule has 0 bridgehead atoms. The highest BCUT2D eigenvalue weighted by atomic mass is 32.2. The van der Waals surface area contributed by atoms with Crippen LogP contribution in [0.3, 0.4) is 0 Å². The summed E-state index contributed by atoms with van der Waals surface area (Å²) in [6.45, 7) is 1.10. The highest BCUT2D eigenvalue weighted by Gasteiger charge is 2.20. The van der Waals surface area contributed by atoms with Gasteiger partial charge in [-0.25, -0.2) is 12.8 Å². The molecule has 0 saturated carbocycles. The number of nitro benzene ring substituents is 1. The third-order valence-electron chi connectivity index (χ3n) is 4.30. The monoisotopic (exact) mass is 459 g/mol. The molecule has 11 heteroatoms. The van der Waals surface area contributed by atoms with E-state index < -0.39 is 33.3 Å². The Hall–Kier alpha value is -3.99. The standard InChI is InChI=1S/C21H18FN3O6S/c1-14-6-11-17(12-19(14)25(27)28)32(29,30)24-16-9-7-15(8-10-16)23-21(26)13-31-20-5-3-2-4-18(20)22/h2-12,24H,13H2,1H3,(H,23,26). The van der Waals surface area contributed by atoms with E-state index in [2.05, 4.69) is 10.0 Å². The van der Waals surface area contributed by atoms with Crippen LogP contribution in [-0.4, -0.2) is 25.9 Å². The average molecular weight is 459 g/mol. The van der Waals surface area contributed by atoms with Crippen molar-refractivity contribution in [3.63, 3.8) is 0 Å². The minimum absolute atomic E-state index is 0.0521. The van der Waals surface area contributed by atoms with E-state index in [1.54, 1.807) is 6.07 Å². The Morgan fingerprint density at radius 2 is 1.72 bits per heavy atom. The molecule has 2 N–H and O–H groups in total. The number of nitro groups is 1. The molecular weight excluding hydrogens is 441 g/mol. The highest BCUT2D eigenvalue weighted by Crippen LogP contribution is 2.24. The molecular formula is C21H18FN3O6S. The maximum Gasteiger partial charge on any atom is 0.273 e. The number of hydrogen-bond donors (Lipinski definition) is 2. The predicted molar refractivity (Wildman–Crippen MR) is 116 cm³/mol. The second kappa shape index (κ2) is 9.43. The first-order valence-electron chi connectivity index (χ1n) is 9.21. The quantitative estimate of drug-likeness (QED) is 0.389. The molecule has 0 spiro atoms. The number of ether oxygens (including phenoxy) is 1. The number of halogens is 1. The Morgan fingerprint density at radius 3 is 2.38 bits per heavy atom. The zero-order valence-electron chi connectivity index (χ0n) is 16.7. The lowest BCUT2D eigenvalue weighted by molar-refractivity contribution is -0.385. The Balaban J connectivity index is 1.63. The average Bonchev–Trinajstić information content (AvgIpc) is 2.74. The summed E-state index contributed by atoms with van der Waals surface area (Å²) in [6, 6.07) is 15.0. The van der Waals surface area contributed by atoms with Crippen molar-refractivity contribution in [1.29, 1.82) is 0 Å². The molecule has 1 amide bonds. The number of rotatable bonds is 8. The van der Waals surface area contributed by atoms with Gasteiger partial charge in [0.25, 0.3) is 21.6 Å². The maximum absolute atomic E-state index is 13.5. The molecule has 0 fully saturated rings. The van der Waals surface area contributed by atoms with Crippen LogP contribution < -0.4 is 14.8 Å². The van der Waals surface area contributed by atoms with Crippen LogP contribution in [-0.2, 0) is 14.8 Å². The van der Waals surface area contributed by atoms with Crippen LogP contribution in [0.5, 0.6) is 5.75 Å². The van der Waals surface area contributed by atoms with Gasteiger partial charge in [0.05, 0.1) is 9.82 Å². The number of nitrogens with one attached hydrogen (secondary N) is 2. The number of benzene rings is 3. The molecule has 0 heterocycles. The molecule has 3 aromatic carbocycles. The van der Waals surface area contributed by atoms with E-state index in [0.29, 0.717) is 11.3 Å². The van der Waals surface area contributed by atoms with E-state index in [1.807, 2.05) is 0 Å². The fraction of sp³-hybridized carbons (Fsp3) is 0.0952. The van der Waals surface area contributed by atoms with E-state index in [9.17, 15) is 27.7 Å². The van der Waals surface area contributed by atoms with Crippen LogP contribution in [0.15, 0.2) is 71.6 Å². The number of para-hydroxylation sites is 1. The van der Waals surface area contributed by atoms with E-state index in [1.165, 1.54) is 61.5 Å². The number of anilines is 2. The summed E-state index contributed by atoms with van der Waals surface area (Å²) < 4.78 is 46.0. The summed E-state index contributed by atoms with van der Waals surface area (Å²) in [7, 11) is -4.06. The van der Waals surface area contributed by atoms with Gasteiger partial charge in [-0.1, -0.05) is 18.2 Å². The summed E-state index contributed by atoms with van der Waals surface area (Å²) in [5.41, 5.74) is 0.589. The van der Waals surface area contributed by atoms with Gasteiger partial charge in [-0.3, -0.25) is 19.6 Å². The van der Waals surface area contributed by atoms with E-state index in [4.69, 9.17) is 4.74 Å². The number of nitrogens with zero attached hydrogens (tertiary/aromatic N) is 1. The van der Waals surface area contributed by atoms with Crippen molar-refractivity contribution < 1.29 is 27.3 Å². The van der Waals surface area contributed by atoms with Crippen molar-refractivity contribution in [2.75, 3.05) is 16.6 Å². The van der Waals surface area contributed by atoms with E-state index in [-0.39, 0.29) is 22.0 Å². The summed E-state index contributed by atoms with van der Waals surface area (Å²) >= 11 is 0. The van der Waals surface area contributed by atoms with Crippen molar-refractivity contribution in [3.8, 4) is 5.75 Å². The molecule has 3 aromatic rings. The first kappa shape index (κ1) is 22.7. The van der Waals surface area contributed by atoms with E-state index >= 15 is 0 Å². The summed E-state index contributed by atoms with van der Waals surface area (Å²) in [5, 5.41) is 13.6. The minimum Gasteiger partial charge on any atom is -0.481 e. The molecule has 0 aliphatic carbocycles. The van der Waals surface area contributed by atoms with E-state index in [0.717, 1.165) is 6.07 Å². The van der Waals surface area contributed by atoms with Gasteiger partial charge in [0.1, 0.15) is 0 Å². The van der Waals surface area contributed by atoms with Gasteiger partial charge in [-0.2, -0.15) is 0 Å². The van der Waals surface area contributed by atoms with Crippen LogP contribution in [0.1, 0.15) is 5.56 Å². The normalized spacial score (nSPS) is 10.9. The largest absolute Gasteiger partial charge is 0.481 e. The van der Waals surface area contributed by atoms with Crippen LogP contribution in [0.4, 0.5) is 21.5 Å². The Morgan fingerprint density at radius 1 is 1.06 bits per heavy atom. The predicted octanol–water partition coefficient (Wildman–Crippen LogP) is 3.86. The molecule has 166 valence electrons. The van der Waals surface area contributed by atoms with Crippen LogP contribution in [0.2, 0.25) is 0 Å². The van der Waals surface area contributed by atoms with Gasteiger partial charge in [0, 0.05) is 23.0 Å². The van der Waals surface area contributed by atoms with Crippen molar-refractivity contribution >= 4 is 33.0 Å². The third-order valence-corrected chi connectivity index (χ3v) is 5.68. The van der Waals surface area contributed by atoms with Gasteiger partial charge >= 0.3 is 0 Å². The molecule has 0 saturated heterocycles. The lowest BCUT2D eigenvalue weighted by atomic mass is 10.2. The van der Waals surface area contributed by atoms with Crippen LogP contribution in [0.25, 0.3) is 0 Å². The fourth-order valence-corrected chi connectivity index (χ4v) is 3.77. The molecule has 32 heavy (non-hydrogen) atoms.